The number of ether oxygens (including phenoxy) is 3. The maximum Gasteiger partial charge on any atom is 0.344 e. The molecule has 0 unspecified atom stereocenters. The van der Waals surface area contributed by atoms with Gasteiger partial charge in [0.1, 0.15) is 18.4 Å². The Hall–Kier alpha value is -2.89. The minimum Gasteiger partial charge on any atom is -0.494 e. The molecule has 1 aromatic carbocycles. The molecule has 0 spiro atoms. The third kappa shape index (κ3) is 8.34. The predicted molar refractivity (Wildman–Crippen MR) is 109 cm³/mol. The summed E-state index contributed by atoms with van der Waals surface area (Å²) in [6, 6.07) is 10.6. The first-order valence-corrected chi connectivity index (χ1v) is 10.0. The largest absolute Gasteiger partial charge is 0.494 e. The van der Waals surface area contributed by atoms with Gasteiger partial charge in [0.2, 0.25) is 0 Å². The van der Waals surface area contributed by atoms with Crippen molar-refractivity contribution in [3.05, 3.63) is 59.9 Å². The number of carbonyl (C=O) groups is 2. The van der Waals surface area contributed by atoms with Crippen LogP contribution in [-0.4, -0.2) is 32.3 Å². The van der Waals surface area contributed by atoms with Crippen molar-refractivity contribution < 1.29 is 28.4 Å². The van der Waals surface area contributed by atoms with Crippen molar-refractivity contribution in [2.45, 2.75) is 38.5 Å². The molecule has 0 atom stereocenters. The summed E-state index contributed by atoms with van der Waals surface area (Å²) in [5.74, 6) is 0.0512. The normalized spacial score (nSPS) is 10.4. The number of esters is 2. The standard InChI is InChI=1S/C23H30NO5/c1-24-14-10-12-20(18-24)23(26)29-16-8-6-4-3-5-7-15-28-21-13-9-11-19(17-21)22(25)27-2/h9-14,17-18H,3-8,15-16H2,1-2H3/q+1. The molecule has 0 fully saturated rings. The molecule has 0 amide bonds. The molecule has 2 rings (SSSR count). The van der Waals surface area contributed by atoms with E-state index < -0.39 is 0 Å². The quantitative estimate of drug-likeness (QED) is 0.307. The Bertz CT molecular complexity index is 790. The summed E-state index contributed by atoms with van der Waals surface area (Å²) in [5.41, 5.74) is 1.07. The maximum absolute atomic E-state index is 11.9. The molecular formula is C23H30NO5+. The third-order valence-electron chi connectivity index (χ3n) is 4.47. The molecule has 0 saturated carbocycles. The first kappa shape index (κ1) is 22.4. The van der Waals surface area contributed by atoms with Crippen molar-refractivity contribution in [1.82, 2.24) is 0 Å². The SMILES string of the molecule is COC(=O)c1cccc(OCCCCCCCCOC(=O)c2ccc[n+](C)c2)c1. The van der Waals surface area contributed by atoms with Gasteiger partial charge in [0.15, 0.2) is 12.4 Å². The lowest BCUT2D eigenvalue weighted by Crippen LogP contribution is -2.28. The van der Waals surface area contributed by atoms with Gasteiger partial charge in [-0.15, -0.1) is 0 Å². The minimum absolute atomic E-state index is 0.269. The number of carbonyl (C=O) groups excluding carboxylic acids is 2. The van der Waals surface area contributed by atoms with Gasteiger partial charge in [0.05, 0.1) is 25.9 Å². The summed E-state index contributed by atoms with van der Waals surface area (Å²) < 4.78 is 17.5. The molecule has 0 aliphatic heterocycles. The Morgan fingerprint density at radius 3 is 2.28 bits per heavy atom. The lowest BCUT2D eigenvalue weighted by molar-refractivity contribution is -0.671. The molecule has 6 heteroatoms. The highest BCUT2D eigenvalue weighted by Gasteiger charge is 2.10. The van der Waals surface area contributed by atoms with Crippen molar-refractivity contribution in [3.63, 3.8) is 0 Å². The minimum atomic E-state index is -0.362. The van der Waals surface area contributed by atoms with Gasteiger partial charge in [0, 0.05) is 6.07 Å². The average Bonchev–Trinajstić information content (AvgIpc) is 2.74. The molecular weight excluding hydrogens is 370 g/mol. The number of methoxy groups -OCH3 is 1. The molecule has 29 heavy (non-hydrogen) atoms. The van der Waals surface area contributed by atoms with Crippen LogP contribution >= 0.6 is 0 Å². The van der Waals surface area contributed by atoms with Gasteiger partial charge in [-0.1, -0.05) is 31.7 Å². The van der Waals surface area contributed by atoms with Gasteiger partial charge in [0.25, 0.3) is 0 Å². The third-order valence-corrected chi connectivity index (χ3v) is 4.47. The number of aromatic nitrogens is 1. The summed E-state index contributed by atoms with van der Waals surface area (Å²) in [5, 5.41) is 0. The van der Waals surface area contributed by atoms with E-state index in [2.05, 4.69) is 0 Å². The van der Waals surface area contributed by atoms with E-state index >= 15 is 0 Å². The van der Waals surface area contributed by atoms with Crippen LogP contribution in [0.1, 0.15) is 59.2 Å². The number of nitrogens with zero attached hydrogens (tertiary/aromatic N) is 1. The zero-order valence-electron chi connectivity index (χ0n) is 17.3. The van der Waals surface area contributed by atoms with Crippen LogP contribution in [0.5, 0.6) is 5.75 Å². The number of hydrogen-bond acceptors (Lipinski definition) is 5. The topological polar surface area (TPSA) is 65.7 Å². The first-order chi connectivity index (χ1) is 14.1. The van der Waals surface area contributed by atoms with E-state index in [-0.39, 0.29) is 11.9 Å². The smallest absolute Gasteiger partial charge is 0.344 e. The van der Waals surface area contributed by atoms with Gasteiger partial charge in [-0.25, -0.2) is 14.2 Å². The van der Waals surface area contributed by atoms with Gasteiger partial charge < -0.3 is 14.2 Å². The molecule has 0 saturated heterocycles. The van der Waals surface area contributed by atoms with Crippen LogP contribution in [0.2, 0.25) is 0 Å². The highest BCUT2D eigenvalue weighted by molar-refractivity contribution is 5.89. The molecule has 6 nitrogen and oxygen atoms in total. The molecule has 0 N–H and O–H groups in total. The number of hydrogen-bond donors (Lipinski definition) is 0. The number of rotatable bonds is 12. The van der Waals surface area contributed by atoms with E-state index in [1.54, 1.807) is 30.5 Å². The van der Waals surface area contributed by atoms with Gasteiger partial charge in [-0.3, -0.25) is 0 Å². The van der Waals surface area contributed by atoms with E-state index in [1.165, 1.54) is 7.11 Å². The van der Waals surface area contributed by atoms with Crippen LogP contribution in [0, 0.1) is 0 Å². The van der Waals surface area contributed by atoms with Crippen molar-refractivity contribution in [2.75, 3.05) is 20.3 Å². The predicted octanol–water partition coefficient (Wildman–Crippen LogP) is 3.87. The lowest BCUT2D eigenvalue weighted by atomic mass is 10.1. The maximum atomic E-state index is 11.9. The van der Waals surface area contributed by atoms with E-state index in [1.807, 2.05) is 29.9 Å². The van der Waals surface area contributed by atoms with Crippen molar-refractivity contribution in [1.29, 1.82) is 0 Å². The molecule has 1 heterocycles. The Morgan fingerprint density at radius 1 is 0.862 bits per heavy atom. The fourth-order valence-corrected chi connectivity index (χ4v) is 2.89. The molecule has 0 aliphatic rings. The molecule has 2 aromatic rings. The Morgan fingerprint density at radius 2 is 1.55 bits per heavy atom. The summed E-state index contributed by atoms with van der Waals surface area (Å²) in [4.78, 5) is 23.4. The second-order valence-corrected chi connectivity index (χ2v) is 6.88. The zero-order valence-corrected chi connectivity index (χ0v) is 17.3. The number of aryl methyl sites for hydroxylation is 1. The second-order valence-electron chi connectivity index (χ2n) is 6.88. The molecule has 0 aliphatic carbocycles. The van der Waals surface area contributed by atoms with Gasteiger partial charge in [-0.05, 0) is 37.1 Å². The summed E-state index contributed by atoms with van der Waals surface area (Å²) in [6.45, 7) is 1.08. The Labute approximate surface area is 172 Å². The van der Waals surface area contributed by atoms with Crippen LogP contribution in [0.3, 0.4) is 0 Å². The fourth-order valence-electron chi connectivity index (χ4n) is 2.89. The molecule has 0 bridgehead atoms. The molecule has 1 aromatic heterocycles. The molecule has 0 radical (unpaired) electrons. The lowest BCUT2D eigenvalue weighted by Gasteiger charge is -2.07. The van der Waals surface area contributed by atoms with Gasteiger partial charge in [-0.2, -0.15) is 0 Å². The van der Waals surface area contributed by atoms with Crippen LogP contribution in [0.25, 0.3) is 0 Å². The van der Waals surface area contributed by atoms with Crippen molar-refractivity contribution >= 4 is 11.9 Å². The number of benzene rings is 1. The summed E-state index contributed by atoms with van der Waals surface area (Å²) in [7, 11) is 3.24. The van der Waals surface area contributed by atoms with E-state index in [4.69, 9.17) is 14.2 Å². The van der Waals surface area contributed by atoms with E-state index in [0.29, 0.717) is 30.1 Å². The fraction of sp³-hybridized carbons (Fsp3) is 0.435. The van der Waals surface area contributed by atoms with E-state index in [0.717, 1.165) is 38.5 Å². The number of unbranched alkanes of at least 4 members (excludes halogenated alkanes) is 5. The first-order valence-electron chi connectivity index (χ1n) is 10.0. The van der Waals surface area contributed by atoms with Crippen molar-refractivity contribution in [3.8, 4) is 5.75 Å². The van der Waals surface area contributed by atoms with Gasteiger partial charge >= 0.3 is 11.9 Å². The average molecular weight is 400 g/mol. The second kappa shape index (κ2) is 12.5. The monoisotopic (exact) mass is 400 g/mol. The van der Waals surface area contributed by atoms with Crippen LogP contribution in [-0.2, 0) is 16.5 Å². The Balaban J connectivity index is 1.48. The summed E-state index contributed by atoms with van der Waals surface area (Å²) in [6.07, 6.45) is 9.82. The highest BCUT2D eigenvalue weighted by Crippen LogP contribution is 2.15. The van der Waals surface area contributed by atoms with Crippen LogP contribution in [0.15, 0.2) is 48.8 Å². The van der Waals surface area contributed by atoms with Crippen LogP contribution < -0.4 is 9.30 Å². The number of pyridine rings is 1. The van der Waals surface area contributed by atoms with Crippen LogP contribution in [0.4, 0.5) is 0 Å². The Kier molecular flexibility index (Phi) is 9.69. The highest BCUT2D eigenvalue weighted by atomic mass is 16.5. The zero-order chi connectivity index (χ0) is 20.9. The molecule has 156 valence electrons. The van der Waals surface area contributed by atoms with Crippen molar-refractivity contribution in [2.24, 2.45) is 7.05 Å². The summed E-state index contributed by atoms with van der Waals surface area (Å²) >= 11 is 0. The van der Waals surface area contributed by atoms with E-state index in [9.17, 15) is 9.59 Å².